The van der Waals surface area contributed by atoms with Gasteiger partial charge in [-0.3, -0.25) is 0 Å². The molecule has 1 aliphatic rings. The summed E-state index contributed by atoms with van der Waals surface area (Å²) >= 11 is 0. The van der Waals surface area contributed by atoms with Crippen LogP contribution in [0.5, 0.6) is 11.5 Å². The van der Waals surface area contributed by atoms with Crippen LogP contribution in [0.15, 0.2) is 12.1 Å². The molecule has 1 N–H and O–H groups in total. The maximum atomic E-state index is 5.56. The fourth-order valence-corrected chi connectivity index (χ4v) is 2.78. The van der Waals surface area contributed by atoms with E-state index in [4.69, 9.17) is 14.2 Å². The van der Waals surface area contributed by atoms with Crippen molar-refractivity contribution in [3.8, 4) is 11.5 Å². The van der Waals surface area contributed by atoms with Gasteiger partial charge in [0.1, 0.15) is 11.5 Å². The molecule has 1 atom stereocenters. The second kappa shape index (κ2) is 6.78. The molecular formula is C15H23NO3. The van der Waals surface area contributed by atoms with Crippen LogP contribution < -0.4 is 14.8 Å². The van der Waals surface area contributed by atoms with Crippen molar-refractivity contribution >= 4 is 0 Å². The van der Waals surface area contributed by atoms with E-state index in [1.165, 1.54) is 18.4 Å². The Hall–Kier alpha value is -1.26. The largest absolute Gasteiger partial charge is 0.497 e. The van der Waals surface area contributed by atoms with Gasteiger partial charge in [-0.05, 0) is 31.0 Å². The first kappa shape index (κ1) is 14.2. The molecule has 0 spiro atoms. The minimum Gasteiger partial charge on any atom is -0.497 e. The molecule has 19 heavy (non-hydrogen) atoms. The lowest BCUT2D eigenvalue weighted by Crippen LogP contribution is -2.29. The van der Waals surface area contributed by atoms with E-state index in [1.807, 2.05) is 6.07 Å². The van der Waals surface area contributed by atoms with Crippen LogP contribution in [-0.2, 0) is 11.3 Å². The highest BCUT2D eigenvalue weighted by molar-refractivity contribution is 5.48. The molecule has 106 valence electrons. The summed E-state index contributed by atoms with van der Waals surface area (Å²) in [5.74, 6) is 2.20. The van der Waals surface area contributed by atoms with Gasteiger partial charge in [-0.15, -0.1) is 0 Å². The molecule has 0 amide bonds. The molecule has 1 unspecified atom stereocenters. The molecule has 4 heteroatoms. The SMILES string of the molecule is COCc1cc(OC)cc(OC)c1C1CCCNC1. The van der Waals surface area contributed by atoms with Crippen LogP contribution >= 0.6 is 0 Å². The van der Waals surface area contributed by atoms with Crippen LogP contribution in [0.1, 0.15) is 29.9 Å². The third-order valence-corrected chi connectivity index (χ3v) is 3.66. The van der Waals surface area contributed by atoms with Crippen molar-refractivity contribution < 1.29 is 14.2 Å². The van der Waals surface area contributed by atoms with Crippen molar-refractivity contribution in [3.63, 3.8) is 0 Å². The van der Waals surface area contributed by atoms with Gasteiger partial charge < -0.3 is 19.5 Å². The van der Waals surface area contributed by atoms with Crippen molar-refractivity contribution in [3.05, 3.63) is 23.3 Å². The number of hydrogen-bond acceptors (Lipinski definition) is 4. The van der Waals surface area contributed by atoms with E-state index < -0.39 is 0 Å². The Morgan fingerprint density at radius 3 is 2.63 bits per heavy atom. The maximum absolute atomic E-state index is 5.56. The Morgan fingerprint density at radius 2 is 2.05 bits per heavy atom. The monoisotopic (exact) mass is 265 g/mol. The first-order valence-electron chi connectivity index (χ1n) is 6.74. The zero-order chi connectivity index (χ0) is 13.7. The van der Waals surface area contributed by atoms with Gasteiger partial charge in [0.25, 0.3) is 0 Å². The topological polar surface area (TPSA) is 39.7 Å². The van der Waals surface area contributed by atoms with E-state index in [0.29, 0.717) is 12.5 Å². The predicted molar refractivity (Wildman–Crippen MR) is 75.1 cm³/mol. The molecule has 2 rings (SSSR count). The van der Waals surface area contributed by atoms with Crippen molar-refractivity contribution in [2.24, 2.45) is 0 Å². The molecule has 4 nitrogen and oxygen atoms in total. The van der Waals surface area contributed by atoms with Crippen molar-refractivity contribution in [1.82, 2.24) is 5.32 Å². The zero-order valence-electron chi connectivity index (χ0n) is 12.0. The van der Waals surface area contributed by atoms with Gasteiger partial charge >= 0.3 is 0 Å². The van der Waals surface area contributed by atoms with Crippen LogP contribution in [0.4, 0.5) is 0 Å². The molecule has 0 saturated carbocycles. The van der Waals surface area contributed by atoms with Crippen LogP contribution in [0.3, 0.4) is 0 Å². The van der Waals surface area contributed by atoms with E-state index in [0.717, 1.165) is 30.2 Å². The van der Waals surface area contributed by atoms with E-state index in [2.05, 4.69) is 11.4 Å². The van der Waals surface area contributed by atoms with Gasteiger partial charge in [0.15, 0.2) is 0 Å². The van der Waals surface area contributed by atoms with Crippen LogP contribution in [0.25, 0.3) is 0 Å². The van der Waals surface area contributed by atoms with Gasteiger partial charge in [-0.2, -0.15) is 0 Å². The second-order valence-electron chi connectivity index (χ2n) is 4.88. The molecule has 1 heterocycles. The molecule has 1 aliphatic heterocycles. The minimum absolute atomic E-state index is 0.486. The summed E-state index contributed by atoms with van der Waals surface area (Å²) in [6.07, 6.45) is 2.39. The van der Waals surface area contributed by atoms with E-state index in [-0.39, 0.29) is 0 Å². The summed E-state index contributed by atoms with van der Waals surface area (Å²) in [6, 6.07) is 4.01. The Labute approximate surface area is 115 Å². The van der Waals surface area contributed by atoms with Gasteiger partial charge in [-0.1, -0.05) is 0 Å². The molecule has 0 aliphatic carbocycles. The number of rotatable bonds is 5. The lowest BCUT2D eigenvalue weighted by Gasteiger charge is -2.27. The zero-order valence-corrected chi connectivity index (χ0v) is 12.0. The number of piperidine rings is 1. The van der Waals surface area contributed by atoms with Crippen molar-refractivity contribution in [2.45, 2.75) is 25.4 Å². The average molecular weight is 265 g/mol. The Bertz CT molecular complexity index is 414. The Balaban J connectivity index is 2.41. The highest BCUT2D eigenvalue weighted by Crippen LogP contribution is 2.37. The predicted octanol–water partition coefficient (Wildman–Crippen LogP) is 2.32. The summed E-state index contributed by atoms with van der Waals surface area (Å²) in [7, 11) is 5.10. The van der Waals surface area contributed by atoms with E-state index in [9.17, 15) is 0 Å². The third-order valence-electron chi connectivity index (χ3n) is 3.66. The summed E-state index contributed by atoms with van der Waals surface area (Å²) < 4.78 is 16.2. The number of hydrogen-bond donors (Lipinski definition) is 1. The lowest BCUT2D eigenvalue weighted by atomic mass is 9.87. The second-order valence-corrected chi connectivity index (χ2v) is 4.88. The number of ether oxygens (including phenoxy) is 3. The average Bonchev–Trinajstić information content (AvgIpc) is 2.47. The highest BCUT2D eigenvalue weighted by atomic mass is 16.5. The first-order chi connectivity index (χ1) is 9.30. The van der Waals surface area contributed by atoms with Gasteiger partial charge in [0.2, 0.25) is 0 Å². The number of methoxy groups -OCH3 is 3. The van der Waals surface area contributed by atoms with Gasteiger partial charge in [0, 0.05) is 31.2 Å². The Morgan fingerprint density at radius 1 is 1.21 bits per heavy atom. The van der Waals surface area contributed by atoms with E-state index >= 15 is 0 Å². The quantitative estimate of drug-likeness (QED) is 0.887. The molecule has 0 aromatic heterocycles. The smallest absolute Gasteiger partial charge is 0.126 e. The molecule has 1 fully saturated rings. The lowest BCUT2D eigenvalue weighted by molar-refractivity contribution is 0.182. The van der Waals surface area contributed by atoms with Gasteiger partial charge in [-0.25, -0.2) is 0 Å². The highest BCUT2D eigenvalue weighted by Gasteiger charge is 2.23. The molecule has 1 aromatic rings. The maximum Gasteiger partial charge on any atom is 0.126 e. The molecule has 1 saturated heterocycles. The molecule has 0 radical (unpaired) electrons. The van der Waals surface area contributed by atoms with Crippen molar-refractivity contribution in [2.75, 3.05) is 34.4 Å². The minimum atomic E-state index is 0.486. The van der Waals surface area contributed by atoms with Crippen LogP contribution in [0.2, 0.25) is 0 Å². The standard InChI is InChI=1S/C15H23NO3/c1-17-10-12-7-13(18-2)8-14(19-3)15(12)11-5-4-6-16-9-11/h7-8,11,16H,4-6,9-10H2,1-3H3. The fourth-order valence-electron chi connectivity index (χ4n) is 2.78. The Kier molecular flexibility index (Phi) is 5.05. The van der Waals surface area contributed by atoms with Gasteiger partial charge in [0.05, 0.1) is 20.8 Å². The normalized spacial score (nSPS) is 19.2. The summed E-state index contributed by atoms with van der Waals surface area (Å²) in [4.78, 5) is 0. The number of benzene rings is 1. The number of nitrogens with one attached hydrogen (secondary N) is 1. The molecule has 0 bridgehead atoms. The third kappa shape index (κ3) is 3.19. The summed E-state index contributed by atoms with van der Waals surface area (Å²) in [5, 5.41) is 3.45. The van der Waals surface area contributed by atoms with Crippen molar-refractivity contribution in [1.29, 1.82) is 0 Å². The molecular weight excluding hydrogens is 242 g/mol. The summed E-state index contributed by atoms with van der Waals surface area (Å²) in [5.41, 5.74) is 2.42. The summed E-state index contributed by atoms with van der Waals surface area (Å²) in [6.45, 7) is 2.69. The molecule has 1 aromatic carbocycles. The van der Waals surface area contributed by atoms with Crippen LogP contribution in [-0.4, -0.2) is 34.4 Å². The first-order valence-corrected chi connectivity index (χ1v) is 6.74. The van der Waals surface area contributed by atoms with Crippen LogP contribution in [0, 0.1) is 0 Å². The fraction of sp³-hybridized carbons (Fsp3) is 0.600. The van der Waals surface area contributed by atoms with E-state index in [1.54, 1.807) is 21.3 Å².